The van der Waals surface area contributed by atoms with Gasteiger partial charge < -0.3 is 10.0 Å². The molecule has 0 radical (unpaired) electrons. The van der Waals surface area contributed by atoms with Crippen LogP contribution in [0, 0.1) is 5.92 Å². The fraction of sp³-hybridized carbons (Fsp3) is 0.545. The molecule has 0 spiro atoms. The van der Waals surface area contributed by atoms with Crippen LogP contribution in [0.1, 0.15) is 13.3 Å². The molecule has 2 unspecified atom stereocenters. The number of pyridine rings is 1. The van der Waals surface area contributed by atoms with E-state index in [-0.39, 0.29) is 6.10 Å². The normalized spacial score (nSPS) is 26.7. The highest BCUT2D eigenvalue weighted by Gasteiger charge is 2.25. The van der Waals surface area contributed by atoms with E-state index in [9.17, 15) is 5.11 Å². The first-order valence-corrected chi connectivity index (χ1v) is 5.59. The highest BCUT2D eigenvalue weighted by atomic mass is 35.5. The van der Waals surface area contributed by atoms with Crippen LogP contribution < -0.4 is 4.90 Å². The van der Waals surface area contributed by atoms with Crippen LogP contribution in [0.2, 0.25) is 5.02 Å². The predicted molar refractivity (Wildman–Crippen MR) is 61.2 cm³/mol. The second kappa shape index (κ2) is 4.37. The molecule has 1 N–H and O–H groups in total. The van der Waals surface area contributed by atoms with Crippen LogP contribution in [0.3, 0.4) is 0 Å². The molecule has 0 amide bonds. The lowest BCUT2D eigenvalue weighted by Gasteiger charge is -2.36. The summed E-state index contributed by atoms with van der Waals surface area (Å²) in [4.78, 5) is 6.07. The van der Waals surface area contributed by atoms with Gasteiger partial charge in [-0.2, -0.15) is 0 Å². The summed E-state index contributed by atoms with van der Waals surface area (Å²) < 4.78 is 0. The highest BCUT2D eigenvalue weighted by molar-refractivity contribution is 6.33. The largest absolute Gasteiger partial charge is 0.391 e. The summed E-state index contributed by atoms with van der Waals surface area (Å²) in [6.45, 7) is 3.68. The average Bonchev–Trinajstić information content (AvgIpc) is 2.23. The number of β-amino-alcohol motifs (C(OH)–C–C–N with tert-alkyl or cyclic N) is 1. The number of nitrogens with zero attached hydrogens (tertiary/aromatic N) is 2. The monoisotopic (exact) mass is 226 g/mol. The number of hydrogen-bond acceptors (Lipinski definition) is 3. The van der Waals surface area contributed by atoms with E-state index in [1.54, 1.807) is 12.4 Å². The number of anilines is 1. The summed E-state index contributed by atoms with van der Waals surface area (Å²) in [6.07, 6.45) is 4.11. The molecule has 0 saturated carbocycles. The van der Waals surface area contributed by atoms with Crippen molar-refractivity contribution in [2.24, 2.45) is 5.92 Å². The van der Waals surface area contributed by atoms with Gasteiger partial charge in [-0.1, -0.05) is 18.5 Å². The average molecular weight is 227 g/mol. The van der Waals surface area contributed by atoms with Gasteiger partial charge in [0.15, 0.2) is 0 Å². The van der Waals surface area contributed by atoms with E-state index < -0.39 is 0 Å². The minimum Gasteiger partial charge on any atom is -0.391 e. The molecule has 0 aromatic carbocycles. The maximum absolute atomic E-state index is 9.80. The van der Waals surface area contributed by atoms with Crippen molar-refractivity contribution in [2.75, 3.05) is 18.0 Å². The summed E-state index contributed by atoms with van der Waals surface area (Å²) >= 11 is 6.06. The molecule has 2 atom stereocenters. The predicted octanol–water partition coefficient (Wildman–Crippen LogP) is 1.94. The van der Waals surface area contributed by atoms with Crippen LogP contribution in [0.4, 0.5) is 5.69 Å². The summed E-state index contributed by atoms with van der Waals surface area (Å²) in [5.74, 6) is 0.377. The Morgan fingerprint density at radius 3 is 3.07 bits per heavy atom. The fourth-order valence-electron chi connectivity index (χ4n) is 1.89. The third-order valence-electron chi connectivity index (χ3n) is 3.01. The van der Waals surface area contributed by atoms with E-state index in [0.29, 0.717) is 17.5 Å². The smallest absolute Gasteiger partial charge is 0.0822 e. The van der Waals surface area contributed by atoms with Gasteiger partial charge in [0.25, 0.3) is 0 Å². The van der Waals surface area contributed by atoms with Crippen LogP contribution in [0.5, 0.6) is 0 Å². The molecule has 2 rings (SSSR count). The molecule has 0 aliphatic carbocycles. The van der Waals surface area contributed by atoms with Crippen molar-refractivity contribution in [1.82, 2.24) is 4.98 Å². The van der Waals surface area contributed by atoms with Crippen molar-refractivity contribution in [3.63, 3.8) is 0 Å². The Labute approximate surface area is 94.7 Å². The van der Waals surface area contributed by atoms with Gasteiger partial charge in [-0.15, -0.1) is 0 Å². The molecule has 4 heteroatoms. The Morgan fingerprint density at radius 2 is 2.40 bits per heavy atom. The van der Waals surface area contributed by atoms with E-state index in [0.717, 1.165) is 18.7 Å². The number of halogens is 1. The lowest BCUT2D eigenvalue weighted by Crippen LogP contribution is -2.43. The summed E-state index contributed by atoms with van der Waals surface area (Å²) in [5, 5.41) is 10.5. The number of aliphatic hydroxyl groups excluding tert-OH is 1. The van der Waals surface area contributed by atoms with Gasteiger partial charge in [0.2, 0.25) is 0 Å². The standard InChI is InChI=1S/C11H15ClN2O/c1-8-3-5-14(7-11(8)15)10-2-4-13-6-9(10)12/h2,4,6,8,11,15H,3,5,7H2,1H3. The van der Waals surface area contributed by atoms with Crippen molar-refractivity contribution in [3.05, 3.63) is 23.5 Å². The maximum Gasteiger partial charge on any atom is 0.0822 e. The summed E-state index contributed by atoms with van der Waals surface area (Å²) in [5.41, 5.74) is 0.970. The molecule has 0 bridgehead atoms. The van der Waals surface area contributed by atoms with Gasteiger partial charge in [-0.3, -0.25) is 4.98 Å². The van der Waals surface area contributed by atoms with Crippen LogP contribution in [0.15, 0.2) is 18.5 Å². The number of aliphatic hydroxyl groups is 1. The molecule has 1 fully saturated rings. The fourth-order valence-corrected chi connectivity index (χ4v) is 2.13. The van der Waals surface area contributed by atoms with Gasteiger partial charge in [-0.05, 0) is 18.4 Å². The van der Waals surface area contributed by atoms with E-state index in [4.69, 9.17) is 11.6 Å². The van der Waals surface area contributed by atoms with Crippen molar-refractivity contribution < 1.29 is 5.11 Å². The molecular formula is C11H15ClN2O. The molecule has 82 valence electrons. The zero-order chi connectivity index (χ0) is 10.8. The Morgan fingerprint density at radius 1 is 1.60 bits per heavy atom. The van der Waals surface area contributed by atoms with Crippen LogP contribution in [0.25, 0.3) is 0 Å². The van der Waals surface area contributed by atoms with E-state index in [1.807, 2.05) is 6.07 Å². The van der Waals surface area contributed by atoms with Crippen molar-refractivity contribution in [3.8, 4) is 0 Å². The first-order chi connectivity index (χ1) is 7.18. The zero-order valence-electron chi connectivity index (χ0n) is 8.73. The van der Waals surface area contributed by atoms with Crippen LogP contribution in [-0.2, 0) is 0 Å². The highest BCUT2D eigenvalue weighted by Crippen LogP contribution is 2.28. The molecule has 3 nitrogen and oxygen atoms in total. The Balaban J connectivity index is 2.15. The first kappa shape index (κ1) is 10.7. The van der Waals surface area contributed by atoms with E-state index >= 15 is 0 Å². The molecule has 1 saturated heterocycles. The van der Waals surface area contributed by atoms with Gasteiger partial charge in [-0.25, -0.2) is 0 Å². The molecule has 15 heavy (non-hydrogen) atoms. The van der Waals surface area contributed by atoms with Gasteiger partial charge in [0, 0.05) is 25.5 Å². The number of rotatable bonds is 1. The quantitative estimate of drug-likeness (QED) is 0.795. The Bertz CT molecular complexity index is 345. The van der Waals surface area contributed by atoms with Crippen molar-refractivity contribution >= 4 is 17.3 Å². The lowest BCUT2D eigenvalue weighted by molar-refractivity contribution is 0.103. The van der Waals surface area contributed by atoms with Crippen molar-refractivity contribution in [2.45, 2.75) is 19.4 Å². The number of aromatic nitrogens is 1. The SMILES string of the molecule is CC1CCN(c2ccncc2Cl)CC1O. The number of hydrogen-bond donors (Lipinski definition) is 1. The molecule has 1 aromatic rings. The molecule has 1 aliphatic heterocycles. The van der Waals surface area contributed by atoms with E-state index in [2.05, 4.69) is 16.8 Å². The van der Waals surface area contributed by atoms with Crippen molar-refractivity contribution in [1.29, 1.82) is 0 Å². The summed E-state index contributed by atoms with van der Waals surface area (Å²) in [7, 11) is 0. The minimum atomic E-state index is -0.261. The minimum absolute atomic E-state index is 0.261. The van der Waals surface area contributed by atoms with Gasteiger partial charge >= 0.3 is 0 Å². The summed E-state index contributed by atoms with van der Waals surface area (Å²) in [6, 6.07) is 1.89. The van der Waals surface area contributed by atoms with Crippen LogP contribution >= 0.6 is 11.6 Å². The van der Waals surface area contributed by atoms with E-state index in [1.165, 1.54) is 0 Å². The molecule has 2 heterocycles. The first-order valence-electron chi connectivity index (χ1n) is 5.21. The molecular weight excluding hydrogens is 212 g/mol. The van der Waals surface area contributed by atoms with Gasteiger partial charge in [0.05, 0.1) is 16.8 Å². The Kier molecular flexibility index (Phi) is 3.12. The molecule has 1 aliphatic rings. The third-order valence-corrected chi connectivity index (χ3v) is 3.30. The third kappa shape index (κ3) is 2.24. The second-order valence-electron chi connectivity index (χ2n) is 4.11. The Hall–Kier alpha value is -0.800. The van der Waals surface area contributed by atoms with Crippen LogP contribution in [-0.4, -0.2) is 29.3 Å². The molecule has 1 aromatic heterocycles. The zero-order valence-corrected chi connectivity index (χ0v) is 9.48. The topological polar surface area (TPSA) is 36.4 Å². The maximum atomic E-state index is 9.80. The number of piperidine rings is 1. The van der Waals surface area contributed by atoms with Gasteiger partial charge in [0.1, 0.15) is 0 Å². The lowest BCUT2D eigenvalue weighted by atomic mass is 9.96. The second-order valence-corrected chi connectivity index (χ2v) is 4.51.